The van der Waals surface area contributed by atoms with E-state index in [1.807, 2.05) is 0 Å². The number of hydrogen-bond donors (Lipinski definition) is 2. The van der Waals surface area contributed by atoms with Gasteiger partial charge in [-0.2, -0.15) is 0 Å². The van der Waals surface area contributed by atoms with Gasteiger partial charge in [-0.15, -0.1) is 0 Å². The van der Waals surface area contributed by atoms with Crippen LogP contribution in [0.2, 0.25) is 0 Å². The zero-order valence-electron chi connectivity index (χ0n) is 10.4. The van der Waals surface area contributed by atoms with Gasteiger partial charge in [-0.05, 0) is 38.2 Å². The predicted octanol–water partition coefficient (Wildman–Crippen LogP) is 1.98. The molecule has 3 N–H and O–H groups in total. The lowest BCUT2D eigenvalue weighted by molar-refractivity contribution is -0.384. The van der Waals surface area contributed by atoms with Crippen molar-refractivity contribution >= 4 is 11.5 Å². The van der Waals surface area contributed by atoms with Gasteiger partial charge in [0.1, 0.15) is 0 Å². The summed E-state index contributed by atoms with van der Waals surface area (Å²) in [5.41, 5.74) is 6.67. The van der Waals surface area contributed by atoms with Crippen LogP contribution in [-0.4, -0.2) is 22.0 Å². The smallest absolute Gasteiger partial charge is 0.311 e. The molecule has 2 rings (SSSR count). The predicted molar refractivity (Wildman–Crippen MR) is 69.5 cm³/mol. The Labute approximate surface area is 106 Å². The molecule has 1 saturated carbocycles. The molecule has 1 aromatic rings. The molecule has 0 unspecified atom stereocenters. The summed E-state index contributed by atoms with van der Waals surface area (Å²) >= 11 is 0. The highest BCUT2D eigenvalue weighted by atomic mass is 16.6. The second-order valence-corrected chi connectivity index (χ2v) is 4.89. The summed E-state index contributed by atoms with van der Waals surface area (Å²) in [6.45, 7) is 1.80. The third kappa shape index (κ3) is 2.95. The summed E-state index contributed by atoms with van der Waals surface area (Å²) in [5, 5.41) is 14.1. The van der Waals surface area contributed by atoms with Gasteiger partial charge in [0.05, 0.1) is 4.92 Å². The molecule has 0 amide bonds. The third-order valence-electron chi connectivity index (χ3n) is 3.31. The van der Waals surface area contributed by atoms with E-state index in [1.54, 1.807) is 19.2 Å². The fourth-order valence-corrected chi connectivity index (χ4v) is 2.26. The molecule has 6 heteroatoms. The molecule has 0 bridgehead atoms. The summed E-state index contributed by atoms with van der Waals surface area (Å²) in [7, 11) is 0. The number of nitro groups is 1. The molecule has 1 aliphatic carbocycles. The molecule has 0 atom stereocenters. The van der Waals surface area contributed by atoms with Crippen LogP contribution in [0.15, 0.2) is 12.3 Å². The van der Waals surface area contributed by atoms with Gasteiger partial charge < -0.3 is 11.1 Å². The van der Waals surface area contributed by atoms with Crippen molar-refractivity contribution < 1.29 is 4.92 Å². The minimum atomic E-state index is -0.392. The van der Waals surface area contributed by atoms with E-state index < -0.39 is 4.92 Å². The minimum Gasteiger partial charge on any atom is -0.362 e. The van der Waals surface area contributed by atoms with Gasteiger partial charge in [0.15, 0.2) is 0 Å². The van der Waals surface area contributed by atoms with Crippen LogP contribution in [0.4, 0.5) is 11.5 Å². The van der Waals surface area contributed by atoms with E-state index in [2.05, 4.69) is 10.3 Å². The number of nitrogens with one attached hydrogen (secondary N) is 1. The van der Waals surface area contributed by atoms with Crippen LogP contribution in [0.1, 0.15) is 31.2 Å². The average molecular weight is 250 g/mol. The van der Waals surface area contributed by atoms with Crippen molar-refractivity contribution in [3.05, 3.63) is 27.9 Å². The number of nitrogens with zero attached hydrogens (tertiary/aromatic N) is 2. The fourth-order valence-electron chi connectivity index (χ4n) is 2.26. The van der Waals surface area contributed by atoms with Gasteiger partial charge in [-0.25, -0.2) is 4.98 Å². The van der Waals surface area contributed by atoms with Crippen LogP contribution in [0, 0.1) is 17.0 Å². The van der Waals surface area contributed by atoms with Gasteiger partial charge in [0, 0.05) is 24.3 Å². The van der Waals surface area contributed by atoms with Crippen LogP contribution < -0.4 is 11.1 Å². The Kier molecular flexibility index (Phi) is 3.76. The molecule has 6 nitrogen and oxygen atoms in total. The first-order chi connectivity index (χ1) is 8.56. The van der Waals surface area contributed by atoms with Gasteiger partial charge in [0.25, 0.3) is 0 Å². The summed E-state index contributed by atoms with van der Waals surface area (Å²) in [5.74, 6) is 0.367. The minimum absolute atomic E-state index is 0.0462. The van der Waals surface area contributed by atoms with Gasteiger partial charge in [0.2, 0.25) is 5.82 Å². The zero-order valence-corrected chi connectivity index (χ0v) is 10.4. The summed E-state index contributed by atoms with van der Waals surface area (Å²) in [4.78, 5) is 14.7. The Balaban J connectivity index is 2.11. The standard InChI is InChI=1S/C12H18N4O2/c1-8-6-11(16(17)18)12(14-7-8)15-10-4-2-9(13)3-5-10/h6-7,9-10H,2-5,13H2,1H3,(H,14,15). The van der Waals surface area contributed by atoms with Crippen molar-refractivity contribution in [2.75, 3.05) is 5.32 Å². The van der Waals surface area contributed by atoms with Gasteiger partial charge in [-0.3, -0.25) is 10.1 Å². The molecule has 1 heterocycles. The van der Waals surface area contributed by atoms with Gasteiger partial charge in [-0.1, -0.05) is 0 Å². The van der Waals surface area contributed by atoms with Crippen LogP contribution in [0.25, 0.3) is 0 Å². The number of anilines is 1. The molecular weight excluding hydrogens is 232 g/mol. The summed E-state index contributed by atoms with van der Waals surface area (Å²) in [6, 6.07) is 2.05. The molecule has 0 saturated heterocycles. The Morgan fingerprint density at radius 3 is 2.72 bits per heavy atom. The third-order valence-corrected chi connectivity index (χ3v) is 3.31. The quantitative estimate of drug-likeness (QED) is 0.632. The van der Waals surface area contributed by atoms with E-state index in [4.69, 9.17) is 5.73 Å². The number of aryl methyl sites for hydroxylation is 1. The van der Waals surface area contributed by atoms with Crippen LogP contribution in [0.5, 0.6) is 0 Å². The number of aromatic nitrogens is 1. The van der Waals surface area contributed by atoms with Crippen LogP contribution >= 0.6 is 0 Å². The van der Waals surface area contributed by atoms with Crippen molar-refractivity contribution in [2.45, 2.75) is 44.7 Å². The highest BCUT2D eigenvalue weighted by molar-refractivity contribution is 5.57. The lowest BCUT2D eigenvalue weighted by Crippen LogP contribution is -2.33. The Morgan fingerprint density at radius 2 is 2.11 bits per heavy atom. The summed E-state index contributed by atoms with van der Waals surface area (Å²) in [6.07, 6.45) is 5.43. The second kappa shape index (κ2) is 5.30. The van der Waals surface area contributed by atoms with E-state index in [-0.39, 0.29) is 17.8 Å². The molecule has 18 heavy (non-hydrogen) atoms. The molecule has 1 fully saturated rings. The van der Waals surface area contributed by atoms with E-state index in [9.17, 15) is 10.1 Å². The fraction of sp³-hybridized carbons (Fsp3) is 0.583. The largest absolute Gasteiger partial charge is 0.362 e. The maximum atomic E-state index is 11.0. The SMILES string of the molecule is Cc1cnc(NC2CCC(N)CC2)c([N+](=O)[O-])c1. The van der Waals surface area contributed by atoms with Gasteiger partial charge >= 0.3 is 5.69 Å². The highest BCUT2D eigenvalue weighted by Gasteiger charge is 2.22. The van der Waals surface area contributed by atoms with E-state index in [0.717, 1.165) is 31.2 Å². The Morgan fingerprint density at radius 1 is 1.44 bits per heavy atom. The molecule has 0 aliphatic heterocycles. The van der Waals surface area contributed by atoms with E-state index >= 15 is 0 Å². The van der Waals surface area contributed by atoms with Crippen LogP contribution in [0.3, 0.4) is 0 Å². The highest BCUT2D eigenvalue weighted by Crippen LogP contribution is 2.26. The van der Waals surface area contributed by atoms with Crippen molar-refractivity contribution in [1.82, 2.24) is 4.98 Å². The Bertz CT molecular complexity index is 442. The first-order valence-electron chi connectivity index (χ1n) is 6.19. The lowest BCUT2D eigenvalue weighted by atomic mass is 9.92. The maximum absolute atomic E-state index is 11.0. The molecular formula is C12H18N4O2. The zero-order chi connectivity index (χ0) is 13.1. The lowest BCUT2D eigenvalue weighted by Gasteiger charge is -2.27. The van der Waals surface area contributed by atoms with Crippen molar-refractivity contribution in [3.8, 4) is 0 Å². The maximum Gasteiger partial charge on any atom is 0.311 e. The van der Waals surface area contributed by atoms with E-state index in [0.29, 0.717) is 5.82 Å². The second-order valence-electron chi connectivity index (χ2n) is 4.89. The monoisotopic (exact) mass is 250 g/mol. The molecule has 0 radical (unpaired) electrons. The number of pyridine rings is 1. The van der Waals surface area contributed by atoms with Crippen LogP contribution in [-0.2, 0) is 0 Å². The van der Waals surface area contributed by atoms with Crippen molar-refractivity contribution in [2.24, 2.45) is 5.73 Å². The normalized spacial score (nSPS) is 23.7. The molecule has 0 aromatic carbocycles. The summed E-state index contributed by atoms with van der Waals surface area (Å²) < 4.78 is 0. The van der Waals surface area contributed by atoms with Crippen molar-refractivity contribution in [3.63, 3.8) is 0 Å². The molecule has 98 valence electrons. The number of nitrogens with two attached hydrogens (primary N) is 1. The average Bonchev–Trinajstić information content (AvgIpc) is 2.34. The molecule has 1 aliphatic rings. The van der Waals surface area contributed by atoms with E-state index in [1.165, 1.54) is 0 Å². The van der Waals surface area contributed by atoms with Crippen molar-refractivity contribution in [1.29, 1.82) is 0 Å². The Hall–Kier alpha value is -1.69. The first kappa shape index (κ1) is 12.8. The molecule has 0 spiro atoms. The number of hydrogen-bond acceptors (Lipinski definition) is 5. The molecule has 1 aromatic heterocycles. The topological polar surface area (TPSA) is 94.1 Å². The first-order valence-corrected chi connectivity index (χ1v) is 6.19. The number of rotatable bonds is 3.